The van der Waals surface area contributed by atoms with Gasteiger partial charge in [0.05, 0.1) is 12.3 Å². The Morgan fingerprint density at radius 1 is 1.20 bits per heavy atom. The number of aromatic nitrogens is 2. The van der Waals surface area contributed by atoms with Crippen molar-refractivity contribution in [1.29, 1.82) is 0 Å². The first-order valence-corrected chi connectivity index (χ1v) is 8.25. The van der Waals surface area contributed by atoms with Gasteiger partial charge in [-0.2, -0.15) is 31.4 Å². The van der Waals surface area contributed by atoms with Crippen molar-refractivity contribution in [2.24, 2.45) is 0 Å². The van der Waals surface area contributed by atoms with Crippen molar-refractivity contribution < 1.29 is 48.6 Å². The highest BCUT2D eigenvalue weighted by atomic mass is 32.2. The lowest BCUT2D eigenvalue weighted by atomic mass is 9.89. The van der Waals surface area contributed by atoms with Gasteiger partial charge in [0.1, 0.15) is 6.10 Å². The summed E-state index contributed by atoms with van der Waals surface area (Å²) in [6.45, 7) is -1.13. The first-order chi connectivity index (χ1) is 11.1. The van der Waals surface area contributed by atoms with Gasteiger partial charge < -0.3 is 5.11 Å². The third-order valence-electron chi connectivity index (χ3n) is 3.66. The summed E-state index contributed by atoms with van der Waals surface area (Å²) in [6, 6.07) is 0. The zero-order valence-corrected chi connectivity index (χ0v) is 12.8. The van der Waals surface area contributed by atoms with E-state index in [1.807, 2.05) is 0 Å². The van der Waals surface area contributed by atoms with E-state index in [0.29, 0.717) is 0 Å². The summed E-state index contributed by atoms with van der Waals surface area (Å²) in [7, 11) is -5.64. The van der Waals surface area contributed by atoms with Crippen molar-refractivity contribution in [2.45, 2.75) is 43.1 Å². The van der Waals surface area contributed by atoms with E-state index in [0.717, 1.165) is 0 Å². The Morgan fingerprint density at radius 2 is 1.76 bits per heavy atom. The van der Waals surface area contributed by atoms with E-state index in [9.17, 15) is 48.6 Å². The maximum absolute atomic E-state index is 13.5. The van der Waals surface area contributed by atoms with Gasteiger partial charge in [-0.1, -0.05) is 0 Å². The van der Waals surface area contributed by atoms with Crippen LogP contribution in [-0.2, 0) is 29.0 Å². The van der Waals surface area contributed by atoms with Gasteiger partial charge >= 0.3 is 11.7 Å². The molecule has 1 heterocycles. The normalized spacial score (nSPS) is 21.2. The van der Waals surface area contributed by atoms with Crippen LogP contribution in [0.2, 0.25) is 0 Å². The maximum Gasteiger partial charge on any atom is 0.497 e. The summed E-state index contributed by atoms with van der Waals surface area (Å²) in [4.78, 5) is 0. The lowest BCUT2D eigenvalue weighted by Crippen LogP contribution is -2.33. The van der Waals surface area contributed by atoms with E-state index in [4.69, 9.17) is 0 Å². The fourth-order valence-corrected chi connectivity index (χ4v) is 3.06. The predicted molar refractivity (Wildman–Crippen MR) is 65.3 cm³/mol. The molecule has 1 aliphatic carbocycles. The quantitative estimate of drug-likeness (QED) is 0.789. The standard InChI is InChI=1S/C11H10F8N2O3S/c12-9(13)2-1-5-6(8(9)22)7(10(14,15)16)20-21(5)3-4-25(23,24)11(17,18)19/h8,22H,1-4H2/t8-/m0/s1. The molecule has 25 heavy (non-hydrogen) atoms. The van der Waals surface area contributed by atoms with Crippen molar-refractivity contribution in [3.63, 3.8) is 0 Å². The van der Waals surface area contributed by atoms with Crippen molar-refractivity contribution in [3.8, 4) is 0 Å². The summed E-state index contributed by atoms with van der Waals surface area (Å²) < 4.78 is 125. The van der Waals surface area contributed by atoms with Crippen molar-refractivity contribution in [3.05, 3.63) is 17.0 Å². The molecule has 0 bridgehead atoms. The van der Waals surface area contributed by atoms with E-state index in [1.54, 1.807) is 0 Å². The summed E-state index contributed by atoms with van der Waals surface area (Å²) in [5, 5.41) is 12.4. The van der Waals surface area contributed by atoms with E-state index < -0.39 is 75.6 Å². The molecule has 0 unspecified atom stereocenters. The Hall–Kier alpha value is -1.44. The van der Waals surface area contributed by atoms with E-state index in [-0.39, 0.29) is 4.68 Å². The average molecular weight is 402 g/mol. The number of rotatable bonds is 3. The number of aliphatic hydroxyl groups excluding tert-OH is 1. The van der Waals surface area contributed by atoms with E-state index >= 15 is 0 Å². The first-order valence-electron chi connectivity index (χ1n) is 6.59. The SMILES string of the molecule is O=S(=O)(CCn1nc(C(F)(F)F)c2c1CCC(F)(F)[C@H]2O)C(F)(F)F. The minimum Gasteiger partial charge on any atom is -0.382 e. The predicted octanol–water partition coefficient (Wildman–Crippen LogP) is 2.45. The molecule has 0 aliphatic heterocycles. The molecule has 0 fully saturated rings. The number of fused-ring (bicyclic) bond motifs is 1. The molecule has 0 saturated heterocycles. The highest BCUT2D eigenvalue weighted by Gasteiger charge is 2.51. The molecule has 1 N–H and O–H groups in total. The van der Waals surface area contributed by atoms with Gasteiger partial charge in [0.25, 0.3) is 5.92 Å². The molecule has 0 spiro atoms. The Balaban J connectivity index is 2.46. The number of hydrogen-bond acceptors (Lipinski definition) is 4. The summed E-state index contributed by atoms with van der Waals surface area (Å²) >= 11 is 0. The molecule has 5 nitrogen and oxygen atoms in total. The Kier molecular flexibility index (Phi) is 4.60. The molecule has 0 aromatic carbocycles. The van der Waals surface area contributed by atoms with Crippen LogP contribution < -0.4 is 0 Å². The lowest BCUT2D eigenvalue weighted by molar-refractivity contribution is -0.150. The third kappa shape index (κ3) is 3.59. The molecule has 1 aromatic heterocycles. The van der Waals surface area contributed by atoms with Crippen molar-refractivity contribution in [1.82, 2.24) is 9.78 Å². The minimum absolute atomic E-state index is 0.278. The van der Waals surface area contributed by atoms with Gasteiger partial charge in [0.15, 0.2) is 5.69 Å². The monoisotopic (exact) mass is 402 g/mol. The van der Waals surface area contributed by atoms with Gasteiger partial charge in [-0.05, 0) is 6.42 Å². The highest BCUT2D eigenvalue weighted by molar-refractivity contribution is 7.92. The van der Waals surface area contributed by atoms with Gasteiger partial charge in [-0.15, -0.1) is 0 Å². The smallest absolute Gasteiger partial charge is 0.382 e. The molecular weight excluding hydrogens is 392 g/mol. The molecule has 0 saturated carbocycles. The fourth-order valence-electron chi connectivity index (χ4n) is 2.41. The second-order valence-electron chi connectivity index (χ2n) is 5.36. The number of aliphatic hydroxyl groups is 1. The molecular formula is C11H10F8N2O3S. The van der Waals surface area contributed by atoms with Gasteiger partial charge in [-0.3, -0.25) is 4.68 Å². The lowest BCUT2D eigenvalue weighted by Gasteiger charge is -2.28. The molecule has 1 aromatic rings. The van der Waals surface area contributed by atoms with E-state index in [2.05, 4.69) is 5.10 Å². The second-order valence-corrected chi connectivity index (χ2v) is 7.46. The van der Waals surface area contributed by atoms with Crippen molar-refractivity contribution in [2.75, 3.05) is 5.75 Å². The molecule has 0 amide bonds. The number of hydrogen-bond donors (Lipinski definition) is 1. The number of nitrogens with zero attached hydrogens (tertiary/aromatic N) is 2. The maximum atomic E-state index is 13.5. The van der Waals surface area contributed by atoms with Crippen LogP contribution in [0.5, 0.6) is 0 Å². The van der Waals surface area contributed by atoms with Crippen LogP contribution in [0.15, 0.2) is 0 Å². The van der Waals surface area contributed by atoms with E-state index in [1.165, 1.54) is 0 Å². The number of halogens is 8. The Bertz CT molecular complexity index is 766. The minimum atomic E-state index is -5.64. The summed E-state index contributed by atoms with van der Waals surface area (Å²) in [6.07, 6.45) is -9.88. The first kappa shape index (κ1) is 19.9. The number of sulfone groups is 1. The van der Waals surface area contributed by atoms with Crippen LogP contribution in [0, 0.1) is 0 Å². The topological polar surface area (TPSA) is 72.2 Å². The zero-order chi connectivity index (χ0) is 19.4. The fraction of sp³-hybridized carbons (Fsp3) is 0.727. The summed E-state index contributed by atoms with van der Waals surface area (Å²) in [5.74, 6) is -5.49. The highest BCUT2D eigenvalue weighted by Crippen LogP contribution is 2.46. The van der Waals surface area contributed by atoms with Crippen LogP contribution in [0.4, 0.5) is 35.1 Å². The van der Waals surface area contributed by atoms with Crippen LogP contribution in [0.25, 0.3) is 0 Å². The average Bonchev–Trinajstić information content (AvgIpc) is 2.79. The molecule has 1 atom stereocenters. The largest absolute Gasteiger partial charge is 0.497 e. The molecule has 144 valence electrons. The number of alkyl halides is 8. The van der Waals surface area contributed by atoms with Crippen LogP contribution in [-0.4, -0.2) is 40.5 Å². The molecule has 1 aliphatic rings. The van der Waals surface area contributed by atoms with Crippen LogP contribution in [0.1, 0.15) is 29.5 Å². The zero-order valence-electron chi connectivity index (χ0n) is 12.0. The number of aryl methyl sites for hydroxylation is 1. The van der Waals surface area contributed by atoms with Gasteiger partial charge in [-0.25, -0.2) is 17.2 Å². The van der Waals surface area contributed by atoms with Gasteiger partial charge in [0, 0.05) is 17.7 Å². The summed E-state index contributed by atoms with van der Waals surface area (Å²) in [5.41, 5.74) is -9.30. The molecule has 14 heteroatoms. The third-order valence-corrected chi connectivity index (χ3v) is 5.09. The molecule has 2 rings (SSSR count). The second kappa shape index (κ2) is 5.79. The Labute approximate surface area is 135 Å². The van der Waals surface area contributed by atoms with Gasteiger partial charge in [0.2, 0.25) is 9.84 Å². The van der Waals surface area contributed by atoms with Crippen LogP contribution >= 0.6 is 0 Å². The van der Waals surface area contributed by atoms with Crippen LogP contribution in [0.3, 0.4) is 0 Å². The van der Waals surface area contributed by atoms with Crippen molar-refractivity contribution >= 4 is 9.84 Å². The Morgan fingerprint density at radius 3 is 2.24 bits per heavy atom. The molecule has 0 radical (unpaired) electrons.